The summed E-state index contributed by atoms with van der Waals surface area (Å²) in [5, 5.41) is 5.30. The van der Waals surface area contributed by atoms with Gasteiger partial charge < -0.3 is 0 Å². The molecule has 0 radical (unpaired) electrons. The van der Waals surface area contributed by atoms with Crippen molar-refractivity contribution in [3.63, 3.8) is 0 Å². The Kier molecular flexibility index (Phi) is 3.68. The van der Waals surface area contributed by atoms with Gasteiger partial charge in [-0.25, -0.2) is 4.79 Å². The highest BCUT2D eigenvalue weighted by Crippen LogP contribution is 2.40. The van der Waals surface area contributed by atoms with Gasteiger partial charge in [0.2, 0.25) is 0 Å². The molecule has 2 aliphatic rings. The summed E-state index contributed by atoms with van der Waals surface area (Å²) < 4.78 is 0. The van der Waals surface area contributed by atoms with Crippen LogP contribution < -0.4 is 4.90 Å². The average molecular weight is 348 g/mol. The molecule has 0 N–H and O–H groups in total. The maximum Gasteiger partial charge on any atom is 0.340 e. The van der Waals surface area contributed by atoms with Crippen LogP contribution in [0.2, 0.25) is 10.0 Å². The summed E-state index contributed by atoms with van der Waals surface area (Å²) in [5.41, 5.74) is 1.89. The van der Waals surface area contributed by atoms with Crippen molar-refractivity contribution >= 4 is 34.9 Å². The van der Waals surface area contributed by atoms with Crippen LogP contribution in [-0.4, -0.2) is 29.1 Å². The Labute approximate surface area is 144 Å². The summed E-state index contributed by atoms with van der Waals surface area (Å²) >= 11 is 12.0. The molecule has 2 fully saturated rings. The number of nitrogens with zero attached hydrogens (tertiary/aromatic N) is 3. The predicted molar refractivity (Wildman–Crippen MR) is 91.5 cm³/mol. The molecule has 2 aromatic rings. The number of hydrogen-bond acceptors (Lipinski definition) is 2. The third kappa shape index (κ3) is 2.47. The molecule has 0 saturated carbocycles. The van der Waals surface area contributed by atoms with E-state index in [0.717, 1.165) is 30.8 Å². The molecule has 6 heteroatoms. The number of fused-ring (bicyclic) bond motifs is 1. The first kappa shape index (κ1) is 14.8. The van der Waals surface area contributed by atoms with Gasteiger partial charge in [-0.1, -0.05) is 35.3 Å². The van der Waals surface area contributed by atoms with Crippen molar-refractivity contribution in [3.8, 4) is 0 Å². The van der Waals surface area contributed by atoms with E-state index in [0.29, 0.717) is 10.0 Å². The van der Waals surface area contributed by atoms with Gasteiger partial charge in [0, 0.05) is 28.8 Å². The van der Waals surface area contributed by atoms with Crippen LogP contribution in [0.25, 0.3) is 0 Å². The van der Waals surface area contributed by atoms with Crippen molar-refractivity contribution in [1.29, 1.82) is 0 Å². The lowest BCUT2D eigenvalue weighted by atomic mass is 10.1. The van der Waals surface area contributed by atoms with Gasteiger partial charge in [-0.15, -0.1) is 0 Å². The summed E-state index contributed by atoms with van der Waals surface area (Å²) in [6, 6.07) is 15.1. The normalized spacial score (nSPS) is 21.1. The van der Waals surface area contributed by atoms with Gasteiger partial charge in [-0.2, -0.15) is 5.01 Å². The van der Waals surface area contributed by atoms with Crippen LogP contribution in [0.15, 0.2) is 48.5 Å². The molecule has 0 aliphatic carbocycles. The largest absolute Gasteiger partial charge is 0.340 e. The van der Waals surface area contributed by atoms with Crippen LogP contribution >= 0.6 is 23.2 Å². The number of hydrazine groups is 1. The number of hydrogen-bond donors (Lipinski definition) is 0. The monoisotopic (exact) mass is 347 g/mol. The summed E-state index contributed by atoms with van der Waals surface area (Å²) in [4.78, 5) is 14.7. The molecule has 4 rings (SSSR count). The molecule has 0 bridgehead atoms. The Morgan fingerprint density at radius 3 is 2.13 bits per heavy atom. The van der Waals surface area contributed by atoms with Crippen LogP contribution in [0.4, 0.5) is 10.5 Å². The van der Waals surface area contributed by atoms with E-state index in [1.165, 1.54) is 0 Å². The van der Waals surface area contributed by atoms with Crippen molar-refractivity contribution in [2.75, 3.05) is 18.0 Å². The number of amides is 2. The molecule has 2 aliphatic heterocycles. The van der Waals surface area contributed by atoms with Gasteiger partial charge in [0.25, 0.3) is 0 Å². The Morgan fingerprint density at radius 1 is 0.870 bits per heavy atom. The van der Waals surface area contributed by atoms with Gasteiger partial charge in [0.15, 0.2) is 0 Å². The molecule has 0 aromatic heterocycles. The van der Waals surface area contributed by atoms with E-state index in [9.17, 15) is 4.79 Å². The number of urea groups is 1. The molecule has 23 heavy (non-hydrogen) atoms. The molecule has 118 valence electrons. The van der Waals surface area contributed by atoms with Crippen molar-refractivity contribution in [2.24, 2.45) is 0 Å². The number of rotatable bonds is 2. The molecule has 0 unspecified atom stereocenters. The first-order chi connectivity index (χ1) is 11.1. The Balaban J connectivity index is 1.79. The van der Waals surface area contributed by atoms with Crippen molar-refractivity contribution < 1.29 is 4.79 Å². The zero-order valence-electron chi connectivity index (χ0n) is 12.3. The van der Waals surface area contributed by atoms with Crippen molar-refractivity contribution in [2.45, 2.75) is 12.6 Å². The van der Waals surface area contributed by atoms with E-state index < -0.39 is 0 Å². The minimum atomic E-state index is -0.150. The van der Waals surface area contributed by atoms with Crippen LogP contribution in [0.3, 0.4) is 0 Å². The van der Waals surface area contributed by atoms with Gasteiger partial charge in [0.1, 0.15) is 6.17 Å². The highest BCUT2D eigenvalue weighted by atomic mass is 35.5. The average Bonchev–Trinajstić information content (AvgIpc) is 3.12. The molecular weight excluding hydrogens is 333 g/mol. The van der Waals surface area contributed by atoms with Crippen molar-refractivity contribution in [1.82, 2.24) is 10.0 Å². The maximum absolute atomic E-state index is 12.9. The molecule has 2 heterocycles. The van der Waals surface area contributed by atoms with Crippen LogP contribution in [-0.2, 0) is 0 Å². The van der Waals surface area contributed by atoms with E-state index in [2.05, 4.69) is 5.01 Å². The number of anilines is 1. The van der Waals surface area contributed by atoms with Gasteiger partial charge in [-0.3, -0.25) is 9.91 Å². The van der Waals surface area contributed by atoms with Crippen molar-refractivity contribution in [3.05, 3.63) is 64.1 Å². The summed E-state index contributed by atoms with van der Waals surface area (Å²) in [6.07, 6.45) is 0.841. The lowest BCUT2D eigenvalue weighted by Crippen LogP contribution is -2.32. The lowest BCUT2D eigenvalue weighted by Gasteiger charge is -2.28. The Morgan fingerprint density at radius 2 is 1.48 bits per heavy atom. The molecular formula is C17H15Cl2N3O. The predicted octanol–water partition coefficient (Wildman–Crippen LogP) is 4.55. The van der Waals surface area contributed by atoms with E-state index in [1.807, 2.05) is 58.4 Å². The minimum Gasteiger partial charge on any atom is -0.271 e. The Hall–Kier alpha value is -1.75. The third-order valence-electron chi connectivity index (χ3n) is 4.29. The fourth-order valence-corrected chi connectivity index (χ4v) is 3.52. The second kappa shape index (κ2) is 5.71. The van der Waals surface area contributed by atoms with Crippen LogP contribution in [0.1, 0.15) is 18.2 Å². The second-order valence-electron chi connectivity index (χ2n) is 5.69. The quantitative estimate of drug-likeness (QED) is 0.796. The summed E-state index contributed by atoms with van der Waals surface area (Å²) in [7, 11) is 0. The number of halogens is 2. The van der Waals surface area contributed by atoms with E-state index in [4.69, 9.17) is 23.2 Å². The Bertz CT molecular complexity index is 733. The highest BCUT2D eigenvalue weighted by Gasteiger charge is 2.47. The first-order valence-electron chi connectivity index (χ1n) is 7.53. The van der Waals surface area contributed by atoms with E-state index >= 15 is 0 Å². The van der Waals surface area contributed by atoms with E-state index in [-0.39, 0.29) is 12.2 Å². The molecule has 0 spiro atoms. The van der Waals surface area contributed by atoms with Crippen LogP contribution in [0.5, 0.6) is 0 Å². The summed E-state index contributed by atoms with van der Waals surface area (Å²) in [6.45, 7) is 1.62. The minimum absolute atomic E-state index is 0.00442. The zero-order chi connectivity index (χ0) is 16.0. The van der Waals surface area contributed by atoms with Gasteiger partial charge in [-0.05, 0) is 48.4 Å². The molecule has 2 aromatic carbocycles. The van der Waals surface area contributed by atoms with Gasteiger partial charge in [0.05, 0.1) is 0 Å². The topological polar surface area (TPSA) is 26.8 Å². The van der Waals surface area contributed by atoms with E-state index in [1.54, 1.807) is 0 Å². The summed E-state index contributed by atoms with van der Waals surface area (Å²) in [5.74, 6) is 0. The zero-order valence-corrected chi connectivity index (χ0v) is 13.8. The number of benzene rings is 2. The first-order valence-corrected chi connectivity index (χ1v) is 8.29. The maximum atomic E-state index is 12.9. The second-order valence-corrected chi connectivity index (χ2v) is 6.57. The molecule has 2 saturated heterocycles. The lowest BCUT2D eigenvalue weighted by molar-refractivity contribution is 0.0728. The third-order valence-corrected chi connectivity index (χ3v) is 4.80. The molecule has 1 atom stereocenters. The highest BCUT2D eigenvalue weighted by molar-refractivity contribution is 6.30. The van der Waals surface area contributed by atoms with Gasteiger partial charge >= 0.3 is 6.03 Å². The van der Waals surface area contributed by atoms with Crippen LogP contribution in [0, 0.1) is 0 Å². The molecule has 2 amide bonds. The smallest absolute Gasteiger partial charge is 0.271 e. The SMILES string of the molecule is O=C1N(c2ccc(Cl)cc2)[C@H](c2ccc(Cl)cc2)N2CCCN12. The fourth-order valence-electron chi connectivity index (χ4n) is 3.26. The fraction of sp³-hybridized carbons (Fsp3) is 0.235. The number of carbonyl (C=O) groups excluding carboxylic acids is 1. The number of carbonyl (C=O) groups is 1. The molecule has 4 nitrogen and oxygen atoms in total. The standard InChI is InChI=1S/C17H15Cl2N3O/c18-13-4-2-12(3-5-13)16-20-10-1-11-21(20)17(23)22(16)15-8-6-14(19)7-9-15/h2-9,16H,1,10-11H2/t16-/m1/s1.